The molecule has 1 atom stereocenters. The minimum absolute atomic E-state index is 0.305. The highest BCUT2D eigenvalue weighted by molar-refractivity contribution is 7.99. The van der Waals surface area contributed by atoms with E-state index in [4.69, 9.17) is 14.2 Å². The Labute approximate surface area is 205 Å². The molecule has 1 N–H and O–H groups in total. The average Bonchev–Trinajstić information content (AvgIpc) is 3.43. The predicted octanol–water partition coefficient (Wildman–Crippen LogP) is 5.54. The van der Waals surface area contributed by atoms with Gasteiger partial charge in [0.05, 0.1) is 12.3 Å². The minimum Gasteiger partial charge on any atom is -0.452 e. The highest BCUT2D eigenvalue weighted by Gasteiger charge is 2.35. The maximum Gasteiger partial charge on any atom is 0.208 e. The van der Waals surface area contributed by atoms with E-state index in [1.807, 2.05) is 57.2 Å². The molecule has 5 rings (SSSR count). The molecule has 0 radical (unpaired) electrons. The molecule has 0 aromatic carbocycles. The first-order valence-electron chi connectivity index (χ1n) is 10.6. The number of pyridine rings is 3. The fourth-order valence-corrected chi connectivity index (χ4v) is 4.60. The number of rotatable bonds is 7. The molecule has 0 spiro atoms. The van der Waals surface area contributed by atoms with Crippen LogP contribution in [-0.4, -0.2) is 36.7 Å². The number of hydrogen-bond donors (Lipinski definition) is 1. The van der Waals surface area contributed by atoms with E-state index < -0.39 is 5.79 Å². The van der Waals surface area contributed by atoms with Crippen molar-refractivity contribution in [3.8, 4) is 11.5 Å². The van der Waals surface area contributed by atoms with Crippen molar-refractivity contribution < 1.29 is 14.2 Å². The molecule has 11 heteroatoms. The maximum absolute atomic E-state index is 6.22. The van der Waals surface area contributed by atoms with Crippen molar-refractivity contribution in [3.63, 3.8) is 0 Å². The summed E-state index contributed by atoms with van der Waals surface area (Å²) in [6.07, 6.45) is 4.95. The highest BCUT2D eigenvalue weighted by Crippen LogP contribution is 2.37. The molecular weight excluding hydrogens is 472 g/mol. The second-order valence-electron chi connectivity index (χ2n) is 7.88. The lowest BCUT2D eigenvalue weighted by atomic mass is 10.3. The third-order valence-corrected chi connectivity index (χ3v) is 6.38. The van der Waals surface area contributed by atoms with Gasteiger partial charge in [0.15, 0.2) is 23.2 Å². The molecule has 0 unspecified atom stereocenters. The van der Waals surface area contributed by atoms with Crippen LogP contribution in [0.5, 0.6) is 11.5 Å². The zero-order valence-corrected chi connectivity index (χ0v) is 20.4. The number of ether oxygens (including phenoxy) is 3. The van der Waals surface area contributed by atoms with Crippen LogP contribution in [0.25, 0.3) is 0 Å². The summed E-state index contributed by atoms with van der Waals surface area (Å²) in [4.78, 5) is 18.8. The fourth-order valence-electron chi connectivity index (χ4n) is 3.21. The lowest BCUT2D eigenvalue weighted by Crippen LogP contribution is -2.19. The SMILES string of the molecule is Cc1ncccc1Oc1cc(Sc2ccccn2)cnc1Nc1nc([C@H]2COC(C)(C)O2)ns1. The monoisotopic (exact) mass is 494 g/mol. The molecule has 174 valence electrons. The minimum atomic E-state index is -0.644. The molecular formula is C23H22N6O3S2. The Morgan fingerprint density at radius 2 is 2.00 bits per heavy atom. The van der Waals surface area contributed by atoms with Crippen LogP contribution in [0.1, 0.15) is 31.5 Å². The summed E-state index contributed by atoms with van der Waals surface area (Å²) in [5, 5.41) is 4.68. The third-order valence-electron chi connectivity index (χ3n) is 4.83. The van der Waals surface area contributed by atoms with E-state index in [1.165, 1.54) is 23.3 Å². The lowest BCUT2D eigenvalue weighted by Gasteiger charge is -2.15. The van der Waals surface area contributed by atoms with Gasteiger partial charge in [-0.25, -0.2) is 15.0 Å². The van der Waals surface area contributed by atoms with E-state index in [2.05, 4.69) is 29.6 Å². The first kappa shape index (κ1) is 22.7. The molecule has 1 aliphatic heterocycles. The van der Waals surface area contributed by atoms with Crippen LogP contribution in [0.2, 0.25) is 0 Å². The van der Waals surface area contributed by atoms with Gasteiger partial charge >= 0.3 is 0 Å². The van der Waals surface area contributed by atoms with Gasteiger partial charge in [-0.1, -0.05) is 17.8 Å². The first-order valence-corrected chi connectivity index (χ1v) is 12.1. The van der Waals surface area contributed by atoms with E-state index in [0.717, 1.165) is 15.6 Å². The molecule has 4 aromatic rings. The van der Waals surface area contributed by atoms with Crippen molar-refractivity contribution in [2.24, 2.45) is 0 Å². The standard InChI is InChI=1S/C23H22N6O3S2/c1-14-16(7-6-10-24-14)31-17-11-15(33-19-8-4-5-9-25-19)12-26-20(17)27-22-28-21(29-34-22)18-13-30-23(2,3)32-18/h4-12,18H,13H2,1-3H3,(H,26,27,28,29)/t18-/m1/s1. The van der Waals surface area contributed by atoms with Gasteiger partial charge in [-0.2, -0.15) is 4.37 Å². The van der Waals surface area contributed by atoms with Crippen molar-refractivity contribution in [1.82, 2.24) is 24.3 Å². The normalized spacial score (nSPS) is 17.0. The zero-order valence-electron chi connectivity index (χ0n) is 18.8. The molecule has 0 saturated carbocycles. The smallest absolute Gasteiger partial charge is 0.208 e. The molecule has 0 aliphatic carbocycles. The quantitative estimate of drug-likeness (QED) is 0.352. The molecule has 0 bridgehead atoms. The number of aryl methyl sites for hydroxylation is 1. The van der Waals surface area contributed by atoms with E-state index in [-0.39, 0.29) is 6.10 Å². The van der Waals surface area contributed by atoms with Gasteiger partial charge in [0, 0.05) is 41.1 Å². The highest BCUT2D eigenvalue weighted by atomic mass is 32.2. The third kappa shape index (κ3) is 5.33. The Bertz CT molecular complexity index is 1280. The summed E-state index contributed by atoms with van der Waals surface area (Å²) in [5.74, 6) is 1.63. The fraction of sp³-hybridized carbons (Fsp3) is 0.261. The van der Waals surface area contributed by atoms with Crippen molar-refractivity contribution >= 4 is 34.2 Å². The van der Waals surface area contributed by atoms with Gasteiger partial charge in [-0.15, -0.1) is 0 Å². The molecule has 34 heavy (non-hydrogen) atoms. The predicted molar refractivity (Wildman–Crippen MR) is 129 cm³/mol. The summed E-state index contributed by atoms with van der Waals surface area (Å²) < 4.78 is 22.1. The number of hydrogen-bond acceptors (Lipinski definition) is 11. The molecule has 0 amide bonds. The summed E-state index contributed by atoms with van der Waals surface area (Å²) in [6, 6.07) is 11.4. The topological polar surface area (TPSA) is 104 Å². The molecule has 5 heterocycles. The number of aromatic nitrogens is 5. The van der Waals surface area contributed by atoms with Crippen LogP contribution in [0, 0.1) is 6.92 Å². The van der Waals surface area contributed by atoms with Gasteiger partial charge in [-0.05, 0) is 45.0 Å². The van der Waals surface area contributed by atoms with Crippen LogP contribution in [-0.2, 0) is 9.47 Å². The van der Waals surface area contributed by atoms with Gasteiger partial charge in [0.2, 0.25) is 5.13 Å². The number of nitrogens with one attached hydrogen (secondary N) is 1. The Morgan fingerprint density at radius 1 is 1.12 bits per heavy atom. The van der Waals surface area contributed by atoms with Crippen molar-refractivity contribution in [1.29, 1.82) is 0 Å². The number of anilines is 2. The van der Waals surface area contributed by atoms with Crippen LogP contribution < -0.4 is 10.1 Å². The van der Waals surface area contributed by atoms with Gasteiger partial charge in [-0.3, -0.25) is 4.98 Å². The molecule has 1 saturated heterocycles. The Balaban J connectivity index is 1.41. The second kappa shape index (κ2) is 9.63. The Kier molecular flexibility index (Phi) is 6.42. The maximum atomic E-state index is 6.22. The molecule has 1 fully saturated rings. The summed E-state index contributed by atoms with van der Waals surface area (Å²) >= 11 is 2.72. The van der Waals surface area contributed by atoms with E-state index in [0.29, 0.717) is 34.9 Å². The second-order valence-corrected chi connectivity index (χ2v) is 9.72. The zero-order chi connectivity index (χ0) is 23.5. The first-order chi connectivity index (χ1) is 16.4. The van der Waals surface area contributed by atoms with Gasteiger partial charge in [0.25, 0.3) is 0 Å². The van der Waals surface area contributed by atoms with E-state index in [1.54, 1.807) is 18.6 Å². The van der Waals surface area contributed by atoms with Crippen LogP contribution >= 0.6 is 23.3 Å². The van der Waals surface area contributed by atoms with Gasteiger partial charge < -0.3 is 19.5 Å². The largest absolute Gasteiger partial charge is 0.452 e. The summed E-state index contributed by atoms with van der Waals surface area (Å²) in [5.41, 5.74) is 0.774. The Hall–Kier alpha value is -3.12. The summed E-state index contributed by atoms with van der Waals surface area (Å²) in [7, 11) is 0. The van der Waals surface area contributed by atoms with Crippen LogP contribution in [0.3, 0.4) is 0 Å². The Morgan fingerprint density at radius 3 is 2.76 bits per heavy atom. The number of nitrogens with zero attached hydrogens (tertiary/aromatic N) is 5. The van der Waals surface area contributed by atoms with Crippen molar-refractivity contribution in [2.75, 3.05) is 11.9 Å². The summed E-state index contributed by atoms with van der Waals surface area (Å²) in [6.45, 7) is 6.05. The molecule has 1 aliphatic rings. The van der Waals surface area contributed by atoms with Gasteiger partial charge in [0.1, 0.15) is 16.9 Å². The molecule has 9 nitrogen and oxygen atoms in total. The molecule has 4 aromatic heterocycles. The average molecular weight is 495 g/mol. The van der Waals surface area contributed by atoms with Crippen LogP contribution in [0.4, 0.5) is 10.9 Å². The van der Waals surface area contributed by atoms with E-state index >= 15 is 0 Å². The van der Waals surface area contributed by atoms with Crippen molar-refractivity contribution in [3.05, 3.63) is 66.5 Å². The van der Waals surface area contributed by atoms with Crippen molar-refractivity contribution in [2.45, 2.75) is 42.6 Å². The van der Waals surface area contributed by atoms with E-state index in [9.17, 15) is 0 Å². The lowest BCUT2D eigenvalue weighted by molar-refractivity contribution is -0.139. The van der Waals surface area contributed by atoms with Crippen LogP contribution in [0.15, 0.2) is 64.9 Å².